The average Bonchev–Trinajstić information content (AvgIpc) is 3.24. The Morgan fingerprint density at radius 1 is 1.37 bits per heavy atom. The van der Waals surface area contributed by atoms with E-state index in [-0.39, 0.29) is 6.61 Å². The van der Waals surface area contributed by atoms with E-state index in [0.29, 0.717) is 12.1 Å². The van der Waals surface area contributed by atoms with Gasteiger partial charge >= 0.3 is 0 Å². The van der Waals surface area contributed by atoms with E-state index in [1.165, 1.54) is 23.3 Å². The second kappa shape index (κ2) is 6.04. The number of aliphatic hydroxyl groups is 1. The summed E-state index contributed by atoms with van der Waals surface area (Å²) in [6, 6.07) is 7.06. The van der Waals surface area contributed by atoms with E-state index >= 15 is 0 Å². The number of nitrogens with one attached hydrogen (secondary N) is 1. The van der Waals surface area contributed by atoms with Crippen LogP contribution in [0.5, 0.6) is 0 Å². The topological polar surface area (TPSA) is 32.3 Å². The van der Waals surface area contributed by atoms with Gasteiger partial charge in [0.05, 0.1) is 5.02 Å². The molecule has 19 heavy (non-hydrogen) atoms. The van der Waals surface area contributed by atoms with Crippen LogP contribution in [-0.4, -0.2) is 23.5 Å². The molecule has 0 amide bonds. The zero-order chi connectivity index (χ0) is 13.2. The van der Waals surface area contributed by atoms with E-state index in [0.717, 1.165) is 29.5 Å². The van der Waals surface area contributed by atoms with Crippen molar-refractivity contribution >= 4 is 23.4 Å². The van der Waals surface area contributed by atoms with Crippen LogP contribution in [-0.2, 0) is 0 Å². The highest BCUT2D eigenvalue weighted by molar-refractivity contribution is 7.99. The van der Waals surface area contributed by atoms with Crippen molar-refractivity contribution in [2.75, 3.05) is 12.4 Å². The second-order valence-electron chi connectivity index (χ2n) is 5.47. The van der Waals surface area contributed by atoms with Crippen molar-refractivity contribution in [2.45, 2.75) is 42.7 Å². The first kappa shape index (κ1) is 13.7. The number of rotatable bonds is 5. The summed E-state index contributed by atoms with van der Waals surface area (Å²) in [5, 5.41) is 13.9. The van der Waals surface area contributed by atoms with Gasteiger partial charge in [-0.3, -0.25) is 0 Å². The van der Waals surface area contributed by atoms with Gasteiger partial charge in [0.2, 0.25) is 0 Å². The Kier molecular flexibility index (Phi) is 4.37. The minimum atomic E-state index is 0.276. The van der Waals surface area contributed by atoms with E-state index in [4.69, 9.17) is 11.6 Å². The van der Waals surface area contributed by atoms with Gasteiger partial charge in [-0.2, -0.15) is 0 Å². The summed E-state index contributed by atoms with van der Waals surface area (Å²) < 4.78 is 0. The van der Waals surface area contributed by atoms with Crippen LogP contribution in [0.15, 0.2) is 23.1 Å². The number of aliphatic hydroxyl groups excluding tert-OH is 1. The molecule has 1 fully saturated rings. The molecule has 0 aromatic heterocycles. The predicted molar refractivity (Wildman–Crippen MR) is 80.9 cm³/mol. The van der Waals surface area contributed by atoms with Crippen molar-refractivity contribution in [2.24, 2.45) is 5.92 Å². The van der Waals surface area contributed by atoms with Crippen molar-refractivity contribution in [1.82, 2.24) is 5.32 Å². The van der Waals surface area contributed by atoms with Gasteiger partial charge in [-0.1, -0.05) is 23.7 Å². The molecule has 2 nitrogen and oxygen atoms in total. The van der Waals surface area contributed by atoms with Crippen molar-refractivity contribution in [3.8, 4) is 0 Å². The van der Waals surface area contributed by atoms with Gasteiger partial charge in [0.15, 0.2) is 0 Å². The van der Waals surface area contributed by atoms with Crippen LogP contribution in [0, 0.1) is 5.92 Å². The first-order valence-corrected chi connectivity index (χ1v) is 8.44. The molecule has 1 heterocycles. The fourth-order valence-electron chi connectivity index (χ4n) is 2.91. The van der Waals surface area contributed by atoms with Crippen LogP contribution in [0.25, 0.3) is 0 Å². The minimum Gasteiger partial charge on any atom is -0.396 e. The molecule has 0 spiro atoms. The summed E-state index contributed by atoms with van der Waals surface area (Å²) in [7, 11) is 0. The van der Waals surface area contributed by atoms with Crippen molar-refractivity contribution in [3.05, 3.63) is 28.8 Å². The Balaban J connectivity index is 1.77. The van der Waals surface area contributed by atoms with E-state index in [1.54, 1.807) is 0 Å². The van der Waals surface area contributed by atoms with Gasteiger partial charge in [0, 0.05) is 23.6 Å². The first-order valence-electron chi connectivity index (χ1n) is 7.07. The maximum Gasteiger partial charge on any atom is 0.0545 e. The average molecular weight is 298 g/mol. The standard InChI is InChI=1S/C15H20ClNOS/c16-12-3-1-2-11-14(7-9-19-15(11)12)17-13(6-8-18)10-4-5-10/h1-3,10,13-14,17-18H,4-9H2. The number of hydrogen-bond acceptors (Lipinski definition) is 3. The molecular formula is C15H20ClNOS. The normalized spacial score (nSPS) is 24.0. The summed E-state index contributed by atoms with van der Waals surface area (Å²) in [4.78, 5) is 1.24. The zero-order valence-electron chi connectivity index (χ0n) is 10.9. The van der Waals surface area contributed by atoms with Gasteiger partial charge in [-0.05, 0) is 49.0 Å². The predicted octanol–water partition coefficient (Wildman–Crippen LogP) is 3.63. The van der Waals surface area contributed by atoms with Gasteiger partial charge in [-0.25, -0.2) is 0 Å². The monoisotopic (exact) mass is 297 g/mol. The Labute approximate surface area is 123 Å². The third kappa shape index (κ3) is 3.10. The molecule has 1 aromatic rings. The molecule has 1 aromatic carbocycles. The largest absolute Gasteiger partial charge is 0.396 e. The Morgan fingerprint density at radius 3 is 2.95 bits per heavy atom. The maximum atomic E-state index is 9.22. The van der Waals surface area contributed by atoms with Crippen molar-refractivity contribution in [1.29, 1.82) is 0 Å². The summed E-state index contributed by atoms with van der Waals surface area (Å²) in [6.45, 7) is 0.276. The highest BCUT2D eigenvalue weighted by Crippen LogP contribution is 2.42. The molecule has 104 valence electrons. The molecule has 2 unspecified atom stereocenters. The fourth-order valence-corrected chi connectivity index (χ4v) is 4.40. The van der Waals surface area contributed by atoms with Gasteiger partial charge in [0.1, 0.15) is 0 Å². The molecule has 2 N–H and O–H groups in total. The molecule has 0 radical (unpaired) electrons. The van der Waals surface area contributed by atoms with Gasteiger partial charge in [-0.15, -0.1) is 11.8 Å². The molecule has 2 atom stereocenters. The van der Waals surface area contributed by atoms with Crippen molar-refractivity contribution < 1.29 is 5.11 Å². The van der Waals surface area contributed by atoms with E-state index in [1.807, 2.05) is 23.9 Å². The third-order valence-corrected chi connectivity index (χ3v) is 5.68. The summed E-state index contributed by atoms with van der Waals surface area (Å²) in [5.74, 6) is 1.88. The molecule has 2 aliphatic rings. The lowest BCUT2D eigenvalue weighted by Crippen LogP contribution is -2.36. The summed E-state index contributed by atoms with van der Waals surface area (Å²) >= 11 is 8.15. The lowest BCUT2D eigenvalue weighted by atomic mass is 10.0. The Morgan fingerprint density at radius 2 is 2.21 bits per heavy atom. The van der Waals surface area contributed by atoms with E-state index in [9.17, 15) is 5.11 Å². The lowest BCUT2D eigenvalue weighted by Gasteiger charge is -2.30. The summed E-state index contributed by atoms with van der Waals surface area (Å²) in [6.07, 6.45) is 4.62. The number of hydrogen-bond donors (Lipinski definition) is 2. The molecule has 1 aliphatic carbocycles. The molecule has 0 saturated heterocycles. The van der Waals surface area contributed by atoms with Crippen LogP contribution >= 0.6 is 23.4 Å². The highest BCUT2D eigenvalue weighted by Gasteiger charge is 2.33. The van der Waals surface area contributed by atoms with E-state index < -0.39 is 0 Å². The second-order valence-corrected chi connectivity index (χ2v) is 6.98. The number of benzene rings is 1. The Hall–Kier alpha value is -0.220. The number of halogens is 1. The zero-order valence-corrected chi connectivity index (χ0v) is 12.5. The van der Waals surface area contributed by atoms with Crippen LogP contribution in [0.3, 0.4) is 0 Å². The third-order valence-electron chi connectivity index (χ3n) is 4.07. The van der Waals surface area contributed by atoms with Crippen LogP contribution in [0.4, 0.5) is 0 Å². The van der Waals surface area contributed by atoms with Gasteiger partial charge < -0.3 is 10.4 Å². The molecule has 3 rings (SSSR count). The number of fused-ring (bicyclic) bond motifs is 1. The minimum absolute atomic E-state index is 0.276. The van der Waals surface area contributed by atoms with E-state index in [2.05, 4.69) is 11.4 Å². The van der Waals surface area contributed by atoms with Crippen LogP contribution in [0.1, 0.15) is 37.3 Å². The highest BCUT2D eigenvalue weighted by atomic mass is 35.5. The quantitative estimate of drug-likeness (QED) is 0.870. The van der Waals surface area contributed by atoms with Crippen molar-refractivity contribution in [3.63, 3.8) is 0 Å². The smallest absolute Gasteiger partial charge is 0.0545 e. The SMILES string of the molecule is OCCC(NC1CCSc2c(Cl)cccc21)C1CC1. The van der Waals surface area contributed by atoms with Crippen LogP contribution in [0.2, 0.25) is 5.02 Å². The fraction of sp³-hybridized carbons (Fsp3) is 0.600. The molecule has 0 bridgehead atoms. The lowest BCUT2D eigenvalue weighted by molar-refractivity contribution is 0.246. The maximum absolute atomic E-state index is 9.22. The molecule has 1 aliphatic heterocycles. The number of thioether (sulfide) groups is 1. The van der Waals surface area contributed by atoms with Crippen LogP contribution < -0.4 is 5.32 Å². The Bertz CT molecular complexity index is 450. The molecule has 4 heteroatoms. The summed E-state index contributed by atoms with van der Waals surface area (Å²) in [5.41, 5.74) is 1.34. The van der Waals surface area contributed by atoms with Gasteiger partial charge in [0.25, 0.3) is 0 Å². The molecular weight excluding hydrogens is 278 g/mol. The molecule has 1 saturated carbocycles. The first-order chi connectivity index (χ1) is 9.29.